The van der Waals surface area contributed by atoms with Crippen molar-refractivity contribution >= 4 is 22.8 Å². The molecular formula is C25H24N2O6. The van der Waals surface area contributed by atoms with Gasteiger partial charge < -0.3 is 19.1 Å². The van der Waals surface area contributed by atoms with Gasteiger partial charge in [-0.1, -0.05) is 13.0 Å². The smallest absolute Gasteiger partial charge is 0.343 e. The molecule has 2 aliphatic heterocycles. The maximum atomic E-state index is 13.2. The molecule has 1 aromatic carbocycles. The van der Waals surface area contributed by atoms with E-state index in [4.69, 9.17) is 14.5 Å². The number of rotatable bonds is 5. The van der Waals surface area contributed by atoms with Gasteiger partial charge in [-0.05, 0) is 49.6 Å². The van der Waals surface area contributed by atoms with Crippen molar-refractivity contribution in [1.29, 1.82) is 0 Å². The van der Waals surface area contributed by atoms with Gasteiger partial charge in [0.05, 0.1) is 35.6 Å². The number of pyridine rings is 2. The van der Waals surface area contributed by atoms with Gasteiger partial charge in [0, 0.05) is 22.9 Å². The second-order valence-electron chi connectivity index (χ2n) is 8.43. The zero-order valence-electron chi connectivity index (χ0n) is 18.5. The van der Waals surface area contributed by atoms with Gasteiger partial charge >= 0.3 is 11.9 Å². The Morgan fingerprint density at radius 1 is 1.24 bits per heavy atom. The third kappa shape index (κ3) is 3.33. The first-order valence-electron chi connectivity index (χ1n) is 11.1. The zero-order chi connectivity index (χ0) is 23.3. The molecule has 0 bridgehead atoms. The van der Waals surface area contributed by atoms with Crippen LogP contribution in [-0.2, 0) is 44.2 Å². The molecule has 1 atom stereocenters. The van der Waals surface area contributed by atoms with E-state index in [0.717, 1.165) is 22.0 Å². The van der Waals surface area contributed by atoms with Crippen molar-refractivity contribution in [3.8, 4) is 11.4 Å². The molecule has 3 aromatic rings. The number of hydrogen-bond acceptors (Lipinski definition) is 7. The molecule has 5 rings (SSSR count). The monoisotopic (exact) mass is 448 g/mol. The van der Waals surface area contributed by atoms with Gasteiger partial charge in [0.15, 0.2) is 5.60 Å². The fraction of sp³-hybridized carbons (Fsp3) is 0.360. The number of aryl methyl sites for hydroxylation is 1. The minimum atomic E-state index is -1.84. The van der Waals surface area contributed by atoms with Crippen LogP contribution in [0.1, 0.15) is 48.9 Å². The summed E-state index contributed by atoms with van der Waals surface area (Å²) < 4.78 is 11.7. The second kappa shape index (κ2) is 7.81. The molecule has 4 heterocycles. The minimum Gasteiger partial charge on any atom is -0.466 e. The van der Waals surface area contributed by atoms with E-state index in [2.05, 4.69) is 0 Å². The maximum absolute atomic E-state index is 13.2. The maximum Gasteiger partial charge on any atom is 0.343 e. The molecule has 2 aromatic heterocycles. The Morgan fingerprint density at radius 3 is 2.82 bits per heavy atom. The molecule has 33 heavy (non-hydrogen) atoms. The molecule has 8 nitrogen and oxygen atoms in total. The third-order valence-corrected chi connectivity index (χ3v) is 6.50. The fourth-order valence-electron chi connectivity index (χ4n) is 4.67. The first kappa shape index (κ1) is 21.3. The summed E-state index contributed by atoms with van der Waals surface area (Å²) in [7, 11) is 0. The summed E-state index contributed by atoms with van der Waals surface area (Å²) >= 11 is 0. The van der Waals surface area contributed by atoms with E-state index in [-0.39, 0.29) is 24.6 Å². The minimum absolute atomic E-state index is 0.105. The summed E-state index contributed by atoms with van der Waals surface area (Å²) in [6, 6.07) is 9.54. The molecule has 170 valence electrons. The van der Waals surface area contributed by atoms with Gasteiger partial charge in [-0.3, -0.25) is 9.59 Å². The van der Waals surface area contributed by atoms with Gasteiger partial charge in [0.25, 0.3) is 5.56 Å². The molecule has 0 saturated heterocycles. The zero-order valence-corrected chi connectivity index (χ0v) is 18.5. The molecule has 2 aliphatic rings. The van der Waals surface area contributed by atoms with Gasteiger partial charge in [-0.2, -0.15) is 0 Å². The van der Waals surface area contributed by atoms with E-state index in [1.165, 1.54) is 0 Å². The lowest BCUT2D eigenvalue weighted by Crippen LogP contribution is -2.44. The summed E-state index contributed by atoms with van der Waals surface area (Å²) in [6.45, 7) is 4.04. The normalized spacial score (nSPS) is 18.5. The predicted molar refractivity (Wildman–Crippen MR) is 119 cm³/mol. The van der Waals surface area contributed by atoms with Crippen molar-refractivity contribution < 1.29 is 24.2 Å². The lowest BCUT2D eigenvalue weighted by Gasteiger charge is -2.31. The molecule has 1 N–H and O–H groups in total. The Hall–Kier alpha value is -3.52. The Kier molecular flexibility index (Phi) is 5.05. The van der Waals surface area contributed by atoms with Crippen LogP contribution in [0.5, 0.6) is 0 Å². The number of cyclic esters (lactones) is 1. The lowest BCUT2D eigenvalue weighted by molar-refractivity contribution is -0.172. The van der Waals surface area contributed by atoms with Crippen LogP contribution < -0.4 is 5.56 Å². The van der Waals surface area contributed by atoms with Crippen molar-refractivity contribution in [1.82, 2.24) is 9.55 Å². The number of hydrogen-bond donors (Lipinski definition) is 1. The number of esters is 2. The van der Waals surface area contributed by atoms with Gasteiger partial charge in [-0.25, -0.2) is 9.78 Å². The number of aromatic nitrogens is 2. The van der Waals surface area contributed by atoms with Crippen molar-refractivity contribution in [2.75, 3.05) is 6.61 Å². The van der Waals surface area contributed by atoms with Crippen LogP contribution in [-0.4, -0.2) is 33.2 Å². The van der Waals surface area contributed by atoms with E-state index >= 15 is 0 Å². The first-order valence-corrected chi connectivity index (χ1v) is 11.1. The highest BCUT2D eigenvalue weighted by Crippen LogP contribution is 2.38. The molecule has 0 spiro atoms. The number of nitrogens with zero attached hydrogens (tertiary/aromatic N) is 2. The highest BCUT2D eigenvalue weighted by Gasteiger charge is 2.45. The van der Waals surface area contributed by atoms with Crippen molar-refractivity contribution in [3.05, 3.63) is 62.9 Å². The fourth-order valence-corrected chi connectivity index (χ4v) is 4.67. The van der Waals surface area contributed by atoms with E-state index in [0.29, 0.717) is 48.5 Å². The van der Waals surface area contributed by atoms with E-state index in [1.54, 1.807) is 24.5 Å². The van der Waals surface area contributed by atoms with Crippen molar-refractivity contribution in [2.45, 2.75) is 51.9 Å². The Bertz CT molecular complexity index is 1380. The van der Waals surface area contributed by atoms with E-state index < -0.39 is 11.6 Å². The number of ether oxygens (including phenoxy) is 2. The Labute approximate surface area is 189 Å². The number of carbonyl (C=O) groups is 2. The predicted octanol–water partition coefficient (Wildman–Crippen LogP) is 2.58. The summed E-state index contributed by atoms with van der Waals surface area (Å²) in [6.07, 6.45) is 0.988. The SMILES string of the molecule is CCOC(=O)CCc1ccc2nc3c(cc2c1)Cn1c-3cc2c(c1=O)COC(=O)[C@]2(O)CC. The third-order valence-electron chi connectivity index (χ3n) is 6.50. The second-order valence-corrected chi connectivity index (χ2v) is 8.43. The average Bonchev–Trinajstić information content (AvgIpc) is 3.17. The van der Waals surface area contributed by atoms with Crippen LogP contribution in [0.15, 0.2) is 35.1 Å². The summed E-state index contributed by atoms with van der Waals surface area (Å²) in [5.41, 5.74) is 2.40. The summed E-state index contributed by atoms with van der Waals surface area (Å²) in [5, 5.41) is 11.9. The number of carbonyl (C=O) groups excluding carboxylic acids is 2. The quantitative estimate of drug-likeness (QED) is 0.468. The van der Waals surface area contributed by atoms with Gasteiger partial charge in [0.2, 0.25) is 0 Å². The van der Waals surface area contributed by atoms with Crippen molar-refractivity contribution in [2.24, 2.45) is 0 Å². The first-order chi connectivity index (χ1) is 15.9. The highest BCUT2D eigenvalue weighted by atomic mass is 16.6. The highest BCUT2D eigenvalue weighted by molar-refractivity contribution is 5.86. The van der Waals surface area contributed by atoms with Crippen LogP contribution in [0.25, 0.3) is 22.3 Å². The van der Waals surface area contributed by atoms with Gasteiger partial charge in [-0.15, -0.1) is 0 Å². The van der Waals surface area contributed by atoms with Crippen LogP contribution in [0.3, 0.4) is 0 Å². The molecule has 0 saturated carbocycles. The number of fused-ring (bicyclic) bond motifs is 5. The Balaban J connectivity index is 1.56. The number of aliphatic hydroxyl groups is 1. The lowest BCUT2D eigenvalue weighted by atomic mass is 9.86. The van der Waals surface area contributed by atoms with E-state index in [1.807, 2.05) is 24.3 Å². The van der Waals surface area contributed by atoms with Crippen LogP contribution in [0.2, 0.25) is 0 Å². The van der Waals surface area contributed by atoms with Crippen molar-refractivity contribution in [3.63, 3.8) is 0 Å². The molecule has 8 heteroatoms. The standard InChI is InChI=1S/C25H24N2O6/c1-3-25(31)18-11-20-22-16(12-27(20)23(29)17(18)13-33-24(25)30)10-15-9-14(5-7-19(15)26-22)6-8-21(28)32-4-2/h5,7,9-11,31H,3-4,6,8,12-13H2,1-2H3/t25-/m0/s1. The summed E-state index contributed by atoms with van der Waals surface area (Å²) in [4.78, 5) is 42.0. The molecule has 0 fully saturated rings. The summed E-state index contributed by atoms with van der Waals surface area (Å²) in [5.74, 6) is -0.958. The Morgan fingerprint density at radius 2 is 2.06 bits per heavy atom. The molecule has 0 aliphatic carbocycles. The molecule has 0 amide bonds. The average molecular weight is 448 g/mol. The topological polar surface area (TPSA) is 108 Å². The van der Waals surface area contributed by atoms with Gasteiger partial charge in [0.1, 0.15) is 6.61 Å². The molecule has 0 unspecified atom stereocenters. The van der Waals surface area contributed by atoms with E-state index in [9.17, 15) is 19.5 Å². The van der Waals surface area contributed by atoms with Crippen LogP contribution in [0.4, 0.5) is 0 Å². The van der Waals surface area contributed by atoms with Crippen LogP contribution >= 0.6 is 0 Å². The molecular weight excluding hydrogens is 424 g/mol. The molecule has 0 radical (unpaired) electrons. The number of benzene rings is 1. The van der Waals surface area contributed by atoms with Crippen LogP contribution in [0, 0.1) is 0 Å². The largest absolute Gasteiger partial charge is 0.466 e.